The molecule has 15 heavy (non-hydrogen) atoms. The van der Waals surface area contributed by atoms with Crippen LogP contribution in [0.4, 0.5) is 0 Å². The molecule has 0 aliphatic heterocycles. The lowest BCUT2D eigenvalue weighted by Gasteiger charge is -1.84. The van der Waals surface area contributed by atoms with Gasteiger partial charge in [0.05, 0.1) is 0 Å². The summed E-state index contributed by atoms with van der Waals surface area (Å²) in [6.07, 6.45) is 3.72. The first kappa shape index (κ1) is 10.1. The summed E-state index contributed by atoms with van der Waals surface area (Å²) in [6, 6.07) is 7.96. The van der Waals surface area contributed by atoms with Gasteiger partial charge in [0.15, 0.2) is 0 Å². The highest BCUT2D eigenvalue weighted by Crippen LogP contribution is 2.08. The van der Waals surface area contributed by atoms with E-state index in [1.807, 2.05) is 37.3 Å². The van der Waals surface area contributed by atoms with E-state index in [1.54, 1.807) is 6.08 Å². The molecule has 0 bridgehead atoms. The molecule has 0 N–H and O–H groups in total. The summed E-state index contributed by atoms with van der Waals surface area (Å²) >= 11 is 4.34. The average molecular weight is 216 g/mol. The Kier molecular flexibility index (Phi) is 2.69. The highest BCUT2D eigenvalue weighted by molar-refractivity contribution is 7.90. The second kappa shape index (κ2) is 3.99. The van der Waals surface area contributed by atoms with E-state index in [-0.39, 0.29) is 0 Å². The summed E-state index contributed by atoms with van der Waals surface area (Å²) in [5.74, 6) is 0. The maximum atomic E-state index is 5.73. The zero-order valence-corrected chi connectivity index (χ0v) is 9.42. The maximum absolute atomic E-state index is 5.73. The van der Waals surface area contributed by atoms with Gasteiger partial charge in [-0.2, -0.15) is 0 Å². The number of hydrogen-bond donors (Lipinski definition) is 1. The highest BCUT2D eigenvalue weighted by atomic mass is 32.1. The molecule has 76 valence electrons. The van der Waals surface area contributed by atoms with Gasteiger partial charge in [-0.15, -0.1) is 12.6 Å². The molecule has 0 unspecified atom stereocenters. The van der Waals surface area contributed by atoms with Crippen LogP contribution in [0, 0.1) is 0 Å². The van der Waals surface area contributed by atoms with Crippen molar-refractivity contribution in [3.8, 4) is 0 Å². The standard InChI is InChI=1S/C13H12OS/c1-3-9-10-7-5-6-8-11(10)14-13(9)12(15)4-2/h3-8,15H,2H2,1H3/b9-3-,13-12-. The number of rotatable bonds is 1. The van der Waals surface area contributed by atoms with Crippen molar-refractivity contribution in [1.29, 1.82) is 0 Å². The van der Waals surface area contributed by atoms with Crippen LogP contribution in [0.25, 0.3) is 22.0 Å². The minimum absolute atomic E-state index is 0.763. The predicted molar refractivity (Wildman–Crippen MR) is 68.2 cm³/mol. The van der Waals surface area contributed by atoms with Crippen LogP contribution in [0.1, 0.15) is 6.92 Å². The molecule has 2 rings (SSSR count). The SMILES string of the molecule is C=C/C(S)=c1/oc2ccccc2/c1=C/C. The average Bonchev–Trinajstić information content (AvgIpc) is 2.66. The van der Waals surface area contributed by atoms with Crippen LogP contribution >= 0.6 is 12.6 Å². The molecule has 0 aliphatic carbocycles. The third kappa shape index (κ3) is 1.61. The molecule has 0 aliphatic rings. The van der Waals surface area contributed by atoms with Gasteiger partial charge in [0.2, 0.25) is 0 Å². The molecule has 2 heteroatoms. The van der Waals surface area contributed by atoms with Crippen LogP contribution < -0.4 is 10.6 Å². The molecular weight excluding hydrogens is 204 g/mol. The Bertz CT molecular complexity index is 620. The molecule has 0 radical (unpaired) electrons. The quantitative estimate of drug-likeness (QED) is 0.723. The third-order valence-corrected chi connectivity index (χ3v) is 2.73. The van der Waals surface area contributed by atoms with E-state index in [0.717, 1.165) is 26.5 Å². The van der Waals surface area contributed by atoms with Crippen LogP contribution in [0.2, 0.25) is 0 Å². The lowest BCUT2D eigenvalue weighted by molar-refractivity contribution is 0.575. The molecule has 0 amide bonds. The minimum Gasteiger partial charge on any atom is -0.455 e. The van der Waals surface area contributed by atoms with Gasteiger partial charge in [-0.3, -0.25) is 0 Å². The van der Waals surface area contributed by atoms with E-state index in [4.69, 9.17) is 4.42 Å². The first-order valence-electron chi connectivity index (χ1n) is 4.77. The second-order valence-corrected chi connectivity index (χ2v) is 3.70. The van der Waals surface area contributed by atoms with Crippen molar-refractivity contribution in [3.05, 3.63) is 47.6 Å². The molecule has 0 spiro atoms. The summed E-state index contributed by atoms with van der Waals surface area (Å²) in [5, 5.41) is 2.19. The molecular formula is C13H12OS. The van der Waals surface area contributed by atoms with Gasteiger partial charge in [0, 0.05) is 15.5 Å². The maximum Gasteiger partial charge on any atom is 0.148 e. The summed E-state index contributed by atoms with van der Waals surface area (Å²) in [4.78, 5) is 0.763. The van der Waals surface area contributed by atoms with Crippen LogP contribution in [0.15, 0.2) is 41.3 Å². The lowest BCUT2D eigenvalue weighted by Crippen LogP contribution is -2.20. The number of para-hydroxylation sites is 1. The molecule has 1 nitrogen and oxygen atoms in total. The Morgan fingerprint density at radius 3 is 2.80 bits per heavy atom. The first-order valence-corrected chi connectivity index (χ1v) is 5.22. The molecule has 0 saturated carbocycles. The molecule has 0 saturated heterocycles. The second-order valence-electron chi connectivity index (χ2n) is 3.22. The van der Waals surface area contributed by atoms with E-state index in [2.05, 4.69) is 19.2 Å². The zero-order valence-electron chi connectivity index (χ0n) is 8.53. The van der Waals surface area contributed by atoms with Gasteiger partial charge in [0.25, 0.3) is 0 Å². The van der Waals surface area contributed by atoms with Gasteiger partial charge in [0.1, 0.15) is 11.0 Å². The van der Waals surface area contributed by atoms with E-state index >= 15 is 0 Å². The van der Waals surface area contributed by atoms with Crippen LogP contribution in [-0.4, -0.2) is 0 Å². The Hall–Kier alpha value is -1.41. The van der Waals surface area contributed by atoms with Crippen molar-refractivity contribution in [2.24, 2.45) is 0 Å². The van der Waals surface area contributed by atoms with Crippen molar-refractivity contribution in [3.63, 3.8) is 0 Å². The predicted octanol–water partition coefficient (Wildman–Crippen LogP) is 2.46. The van der Waals surface area contributed by atoms with Gasteiger partial charge in [-0.05, 0) is 13.0 Å². The summed E-state index contributed by atoms with van der Waals surface area (Å²) in [6.45, 7) is 5.69. The van der Waals surface area contributed by atoms with E-state index in [0.29, 0.717) is 0 Å². The smallest absolute Gasteiger partial charge is 0.148 e. The summed E-state index contributed by atoms with van der Waals surface area (Å²) in [7, 11) is 0. The first-order chi connectivity index (χ1) is 7.27. The van der Waals surface area contributed by atoms with Crippen LogP contribution in [0.3, 0.4) is 0 Å². The summed E-state index contributed by atoms with van der Waals surface area (Å²) < 4.78 is 5.73. The molecule has 1 aromatic carbocycles. The van der Waals surface area contributed by atoms with Crippen molar-refractivity contribution >= 4 is 34.6 Å². The van der Waals surface area contributed by atoms with Crippen molar-refractivity contribution in [2.45, 2.75) is 6.92 Å². The summed E-state index contributed by atoms with van der Waals surface area (Å²) in [5.41, 5.74) is 1.67. The van der Waals surface area contributed by atoms with E-state index in [1.165, 1.54) is 0 Å². The fourth-order valence-electron chi connectivity index (χ4n) is 1.63. The van der Waals surface area contributed by atoms with Crippen LogP contribution in [0.5, 0.6) is 0 Å². The Balaban J connectivity index is 3.08. The van der Waals surface area contributed by atoms with Crippen molar-refractivity contribution in [1.82, 2.24) is 0 Å². The lowest BCUT2D eigenvalue weighted by atomic mass is 10.2. The Labute approximate surface area is 93.8 Å². The van der Waals surface area contributed by atoms with Gasteiger partial charge in [-0.25, -0.2) is 0 Å². The third-order valence-electron chi connectivity index (χ3n) is 2.35. The fourth-order valence-corrected chi connectivity index (χ4v) is 1.80. The topological polar surface area (TPSA) is 13.1 Å². The van der Waals surface area contributed by atoms with Crippen LogP contribution in [-0.2, 0) is 0 Å². The van der Waals surface area contributed by atoms with Crippen molar-refractivity contribution < 1.29 is 4.42 Å². The fraction of sp³-hybridized carbons (Fsp3) is 0.0769. The van der Waals surface area contributed by atoms with E-state index < -0.39 is 0 Å². The molecule has 0 fully saturated rings. The highest BCUT2D eigenvalue weighted by Gasteiger charge is 2.02. The number of fused-ring (bicyclic) bond motifs is 1. The number of thiol groups is 1. The normalized spacial score (nSPS) is 14.4. The largest absolute Gasteiger partial charge is 0.455 e. The minimum atomic E-state index is 0.763. The number of hydrogen-bond acceptors (Lipinski definition) is 2. The van der Waals surface area contributed by atoms with E-state index in [9.17, 15) is 0 Å². The Morgan fingerprint density at radius 2 is 2.13 bits per heavy atom. The monoisotopic (exact) mass is 216 g/mol. The number of benzene rings is 1. The number of furan rings is 1. The zero-order chi connectivity index (χ0) is 10.8. The molecule has 1 heterocycles. The Morgan fingerprint density at radius 1 is 1.40 bits per heavy atom. The van der Waals surface area contributed by atoms with Gasteiger partial charge in [-0.1, -0.05) is 36.9 Å². The van der Waals surface area contributed by atoms with Crippen molar-refractivity contribution in [2.75, 3.05) is 0 Å². The molecule has 2 aromatic rings. The van der Waals surface area contributed by atoms with Gasteiger partial charge >= 0.3 is 0 Å². The molecule has 0 atom stereocenters. The van der Waals surface area contributed by atoms with Gasteiger partial charge < -0.3 is 4.42 Å². The molecule has 1 aromatic heterocycles.